The average Bonchev–Trinajstić information content (AvgIpc) is 2.63. The summed E-state index contributed by atoms with van der Waals surface area (Å²) in [5, 5.41) is 2.81. The number of hydrogen-bond donors (Lipinski definition) is 1. The Labute approximate surface area is 142 Å². The largest absolute Gasteiger partial charge is 0.355 e. The molecule has 0 saturated carbocycles. The Hall–Kier alpha value is -2.62. The van der Waals surface area contributed by atoms with E-state index < -0.39 is 0 Å². The standard InChI is InChI=1S/C20H22N2O2/c23-19-12-11-18(13-21-19)20(24)22(14-16-7-3-1-4-8-16)15-17-9-5-2-6-10-17/h1-10,18H,11-15H2,(H,21,23). The minimum Gasteiger partial charge on any atom is -0.355 e. The molecule has 0 aliphatic carbocycles. The predicted molar refractivity (Wildman–Crippen MR) is 92.9 cm³/mol. The second-order valence-corrected chi connectivity index (χ2v) is 6.21. The summed E-state index contributed by atoms with van der Waals surface area (Å²) in [5.74, 6) is 0.0227. The van der Waals surface area contributed by atoms with Crippen molar-refractivity contribution in [1.29, 1.82) is 0 Å². The summed E-state index contributed by atoms with van der Waals surface area (Å²) in [7, 11) is 0. The number of piperidine rings is 1. The molecule has 4 nitrogen and oxygen atoms in total. The van der Waals surface area contributed by atoms with Crippen molar-refractivity contribution in [2.75, 3.05) is 6.54 Å². The van der Waals surface area contributed by atoms with E-state index in [1.807, 2.05) is 65.6 Å². The molecule has 24 heavy (non-hydrogen) atoms. The maximum atomic E-state index is 13.0. The Balaban J connectivity index is 1.75. The number of carbonyl (C=O) groups excluding carboxylic acids is 2. The van der Waals surface area contributed by atoms with Crippen LogP contribution in [0.25, 0.3) is 0 Å². The monoisotopic (exact) mass is 322 g/mol. The molecule has 0 radical (unpaired) electrons. The van der Waals surface area contributed by atoms with Crippen LogP contribution in [-0.2, 0) is 22.7 Å². The van der Waals surface area contributed by atoms with Gasteiger partial charge in [0.25, 0.3) is 0 Å². The zero-order chi connectivity index (χ0) is 16.8. The summed E-state index contributed by atoms with van der Waals surface area (Å²) in [6, 6.07) is 20.0. The fourth-order valence-electron chi connectivity index (χ4n) is 3.02. The molecule has 1 heterocycles. The van der Waals surface area contributed by atoms with Gasteiger partial charge in [-0.2, -0.15) is 0 Å². The molecule has 1 fully saturated rings. The summed E-state index contributed by atoms with van der Waals surface area (Å²) in [6.07, 6.45) is 1.06. The van der Waals surface area contributed by atoms with Gasteiger partial charge in [0.05, 0.1) is 5.92 Å². The number of carbonyl (C=O) groups is 2. The smallest absolute Gasteiger partial charge is 0.228 e. The molecular weight excluding hydrogens is 300 g/mol. The van der Waals surface area contributed by atoms with E-state index in [1.54, 1.807) is 0 Å². The van der Waals surface area contributed by atoms with Crippen LogP contribution in [0.5, 0.6) is 0 Å². The lowest BCUT2D eigenvalue weighted by atomic mass is 9.97. The van der Waals surface area contributed by atoms with Crippen molar-refractivity contribution in [3.63, 3.8) is 0 Å². The van der Waals surface area contributed by atoms with Crippen LogP contribution in [0.1, 0.15) is 24.0 Å². The summed E-state index contributed by atoms with van der Waals surface area (Å²) in [6.45, 7) is 1.61. The molecule has 1 aliphatic heterocycles. The van der Waals surface area contributed by atoms with Gasteiger partial charge in [0.15, 0.2) is 0 Å². The Morgan fingerprint density at radius 1 is 0.958 bits per heavy atom. The summed E-state index contributed by atoms with van der Waals surface area (Å²) in [5.41, 5.74) is 2.23. The zero-order valence-electron chi connectivity index (χ0n) is 13.7. The fourth-order valence-corrected chi connectivity index (χ4v) is 3.02. The van der Waals surface area contributed by atoms with Gasteiger partial charge in [-0.25, -0.2) is 0 Å². The van der Waals surface area contributed by atoms with E-state index in [0.717, 1.165) is 11.1 Å². The quantitative estimate of drug-likeness (QED) is 0.920. The van der Waals surface area contributed by atoms with Crippen LogP contribution in [0, 0.1) is 5.92 Å². The minimum absolute atomic E-state index is 0.0386. The van der Waals surface area contributed by atoms with Crippen LogP contribution in [0.4, 0.5) is 0 Å². The van der Waals surface area contributed by atoms with E-state index >= 15 is 0 Å². The van der Waals surface area contributed by atoms with E-state index in [0.29, 0.717) is 32.5 Å². The second-order valence-electron chi connectivity index (χ2n) is 6.21. The van der Waals surface area contributed by atoms with Crippen molar-refractivity contribution in [2.24, 2.45) is 5.92 Å². The van der Waals surface area contributed by atoms with E-state index in [-0.39, 0.29) is 17.7 Å². The van der Waals surface area contributed by atoms with Gasteiger partial charge in [0, 0.05) is 26.1 Å². The van der Waals surface area contributed by atoms with E-state index in [2.05, 4.69) is 5.32 Å². The fraction of sp³-hybridized carbons (Fsp3) is 0.300. The number of amides is 2. The Morgan fingerprint density at radius 2 is 1.50 bits per heavy atom. The van der Waals surface area contributed by atoms with Crippen LogP contribution >= 0.6 is 0 Å². The van der Waals surface area contributed by atoms with Gasteiger partial charge in [0.2, 0.25) is 11.8 Å². The molecule has 1 saturated heterocycles. The molecule has 0 bridgehead atoms. The lowest BCUT2D eigenvalue weighted by Gasteiger charge is -2.29. The molecule has 3 rings (SSSR count). The third kappa shape index (κ3) is 4.22. The minimum atomic E-state index is -0.130. The van der Waals surface area contributed by atoms with Gasteiger partial charge in [0.1, 0.15) is 0 Å². The van der Waals surface area contributed by atoms with E-state index in [1.165, 1.54) is 0 Å². The number of hydrogen-bond acceptors (Lipinski definition) is 2. The van der Waals surface area contributed by atoms with Crippen LogP contribution in [-0.4, -0.2) is 23.3 Å². The average molecular weight is 322 g/mol. The third-order valence-corrected chi connectivity index (χ3v) is 4.36. The zero-order valence-corrected chi connectivity index (χ0v) is 13.7. The highest BCUT2D eigenvalue weighted by Crippen LogP contribution is 2.18. The first-order valence-corrected chi connectivity index (χ1v) is 8.36. The predicted octanol–water partition coefficient (Wildman–Crippen LogP) is 2.74. The Kier molecular flexibility index (Phi) is 5.26. The first-order chi connectivity index (χ1) is 11.7. The molecular formula is C20H22N2O2. The number of nitrogens with zero attached hydrogens (tertiary/aromatic N) is 1. The van der Waals surface area contributed by atoms with Crippen molar-refractivity contribution in [3.8, 4) is 0 Å². The highest BCUT2D eigenvalue weighted by molar-refractivity contribution is 5.83. The van der Waals surface area contributed by atoms with Gasteiger partial charge in [-0.05, 0) is 17.5 Å². The first-order valence-electron chi connectivity index (χ1n) is 8.36. The van der Waals surface area contributed by atoms with Crippen LogP contribution < -0.4 is 5.32 Å². The molecule has 1 N–H and O–H groups in total. The van der Waals surface area contributed by atoms with Gasteiger partial charge in [-0.15, -0.1) is 0 Å². The normalized spacial score (nSPS) is 17.2. The van der Waals surface area contributed by atoms with Gasteiger partial charge in [-0.1, -0.05) is 60.7 Å². The molecule has 4 heteroatoms. The van der Waals surface area contributed by atoms with Crippen LogP contribution in [0.2, 0.25) is 0 Å². The molecule has 2 aromatic rings. The van der Waals surface area contributed by atoms with Gasteiger partial charge >= 0.3 is 0 Å². The van der Waals surface area contributed by atoms with E-state index in [9.17, 15) is 9.59 Å². The van der Waals surface area contributed by atoms with Crippen LogP contribution in [0.15, 0.2) is 60.7 Å². The van der Waals surface area contributed by atoms with Gasteiger partial charge < -0.3 is 10.2 Å². The molecule has 0 aromatic heterocycles. The van der Waals surface area contributed by atoms with Crippen molar-refractivity contribution in [3.05, 3.63) is 71.8 Å². The molecule has 2 aromatic carbocycles. The van der Waals surface area contributed by atoms with Crippen molar-refractivity contribution in [1.82, 2.24) is 10.2 Å². The molecule has 1 unspecified atom stereocenters. The summed E-state index contributed by atoms with van der Waals surface area (Å²) in [4.78, 5) is 26.2. The summed E-state index contributed by atoms with van der Waals surface area (Å²) >= 11 is 0. The lowest BCUT2D eigenvalue weighted by Crippen LogP contribution is -2.44. The molecule has 1 atom stereocenters. The van der Waals surface area contributed by atoms with Crippen molar-refractivity contribution >= 4 is 11.8 Å². The summed E-state index contributed by atoms with van der Waals surface area (Å²) < 4.78 is 0. The number of nitrogens with one attached hydrogen (secondary N) is 1. The van der Waals surface area contributed by atoms with Gasteiger partial charge in [-0.3, -0.25) is 9.59 Å². The highest BCUT2D eigenvalue weighted by Gasteiger charge is 2.28. The third-order valence-electron chi connectivity index (χ3n) is 4.36. The second kappa shape index (κ2) is 7.77. The maximum absolute atomic E-state index is 13.0. The number of benzene rings is 2. The van der Waals surface area contributed by atoms with Crippen molar-refractivity contribution < 1.29 is 9.59 Å². The molecule has 0 spiro atoms. The highest BCUT2D eigenvalue weighted by atomic mass is 16.2. The molecule has 2 amide bonds. The molecule has 1 aliphatic rings. The van der Waals surface area contributed by atoms with E-state index in [4.69, 9.17) is 0 Å². The Morgan fingerprint density at radius 3 is 1.96 bits per heavy atom. The first kappa shape index (κ1) is 16.2. The van der Waals surface area contributed by atoms with Crippen molar-refractivity contribution in [2.45, 2.75) is 25.9 Å². The lowest BCUT2D eigenvalue weighted by molar-refractivity contribution is -0.138. The number of rotatable bonds is 5. The van der Waals surface area contributed by atoms with Crippen LogP contribution in [0.3, 0.4) is 0 Å². The molecule has 124 valence electrons. The Bertz CT molecular complexity index is 634. The topological polar surface area (TPSA) is 49.4 Å². The maximum Gasteiger partial charge on any atom is 0.228 e. The SMILES string of the molecule is O=C1CCC(C(=O)N(Cc2ccccc2)Cc2ccccc2)CN1.